The summed E-state index contributed by atoms with van der Waals surface area (Å²) in [6, 6.07) is 8.34. The van der Waals surface area contributed by atoms with E-state index in [1.165, 1.54) is 25.1 Å². The Bertz CT molecular complexity index is 928. The number of amides is 1. The van der Waals surface area contributed by atoms with E-state index >= 15 is 0 Å². The van der Waals surface area contributed by atoms with Crippen molar-refractivity contribution in [1.82, 2.24) is 0 Å². The molecule has 1 N–H and O–H groups in total. The second kappa shape index (κ2) is 8.05. The zero-order chi connectivity index (χ0) is 19.6. The van der Waals surface area contributed by atoms with Gasteiger partial charge in [-0.2, -0.15) is 0 Å². The number of sulfonamides is 1. The number of anilines is 2. The maximum Gasteiger partial charge on any atom is 0.247 e. The third kappa shape index (κ3) is 5.04. The topological polar surface area (TPSA) is 66.5 Å². The zero-order valence-electron chi connectivity index (χ0n) is 14.3. The molecule has 5 nitrogen and oxygen atoms in total. The fourth-order valence-electron chi connectivity index (χ4n) is 2.39. The highest BCUT2D eigenvalue weighted by atomic mass is 35.5. The van der Waals surface area contributed by atoms with E-state index in [0.717, 1.165) is 16.1 Å². The Kier molecular flexibility index (Phi) is 6.45. The molecule has 0 bridgehead atoms. The smallest absolute Gasteiger partial charge is 0.247 e. The molecule has 2 aromatic rings. The molecule has 1 unspecified atom stereocenters. The van der Waals surface area contributed by atoms with Crippen molar-refractivity contribution >= 4 is 62.1 Å². The van der Waals surface area contributed by atoms with Crippen molar-refractivity contribution in [2.75, 3.05) is 15.9 Å². The number of halogens is 3. The monoisotopic (exact) mass is 434 g/mol. The molecule has 2 rings (SSSR count). The molecule has 0 aliphatic heterocycles. The van der Waals surface area contributed by atoms with E-state index < -0.39 is 22.0 Å². The van der Waals surface area contributed by atoms with Gasteiger partial charge in [0.05, 0.1) is 11.9 Å². The van der Waals surface area contributed by atoms with Crippen LogP contribution in [-0.4, -0.2) is 26.6 Å². The minimum absolute atomic E-state index is 0.203. The zero-order valence-corrected chi connectivity index (χ0v) is 17.3. The van der Waals surface area contributed by atoms with Crippen molar-refractivity contribution < 1.29 is 13.2 Å². The van der Waals surface area contributed by atoms with Gasteiger partial charge in [-0.1, -0.05) is 40.9 Å². The molecule has 0 aromatic heterocycles. The number of aryl methyl sites for hydroxylation is 1. The molecule has 0 aliphatic carbocycles. The van der Waals surface area contributed by atoms with Crippen molar-refractivity contribution in [2.45, 2.75) is 19.9 Å². The van der Waals surface area contributed by atoms with E-state index in [0.29, 0.717) is 10.7 Å². The molecule has 0 saturated carbocycles. The van der Waals surface area contributed by atoms with Gasteiger partial charge in [0.25, 0.3) is 0 Å². The molecule has 0 fully saturated rings. The second-order valence-electron chi connectivity index (χ2n) is 5.82. The average Bonchev–Trinajstić information content (AvgIpc) is 2.48. The number of hydrogen-bond acceptors (Lipinski definition) is 3. The van der Waals surface area contributed by atoms with Gasteiger partial charge < -0.3 is 5.32 Å². The number of carbonyl (C=O) groups is 1. The van der Waals surface area contributed by atoms with Crippen molar-refractivity contribution in [3.63, 3.8) is 0 Å². The quantitative estimate of drug-likeness (QED) is 0.737. The fourth-order valence-corrected chi connectivity index (χ4v) is 4.25. The van der Waals surface area contributed by atoms with E-state index in [9.17, 15) is 13.2 Å². The van der Waals surface area contributed by atoms with E-state index in [2.05, 4.69) is 5.32 Å². The second-order valence-corrected chi connectivity index (χ2v) is 8.96. The van der Waals surface area contributed by atoms with Gasteiger partial charge in [-0.25, -0.2) is 8.42 Å². The molecule has 1 atom stereocenters. The van der Waals surface area contributed by atoms with Gasteiger partial charge in [-0.15, -0.1) is 0 Å². The van der Waals surface area contributed by atoms with Crippen LogP contribution >= 0.6 is 34.8 Å². The van der Waals surface area contributed by atoms with Gasteiger partial charge in [-0.05, 0) is 49.7 Å². The predicted octanol–water partition coefficient (Wildman–Crippen LogP) is 4.75. The third-order valence-corrected chi connectivity index (χ3v) is 5.71. The molecule has 140 valence electrons. The lowest BCUT2D eigenvalue weighted by molar-refractivity contribution is -0.116. The molecule has 2 aromatic carbocycles. The van der Waals surface area contributed by atoms with Crippen LogP contribution < -0.4 is 9.62 Å². The van der Waals surface area contributed by atoms with E-state index in [1.807, 2.05) is 6.92 Å². The average molecular weight is 436 g/mol. The summed E-state index contributed by atoms with van der Waals surface area (Å²) in [6.07, 6.45) is 1.01. The van der Waals surface area contributed by atoms with Gasteiger partial charge >= 0.3 is 0 Å². The summed E-state index contributed by atoms with van der Waals surface area (Å²) in [5.74, 6) is -0.522. The Hall–Kier alpha value is -1.47. The minimum atomic E-state index is -3.77. The first-order valence-corrected chi connectivity index (χ1v) is 10.5. The number of benzene rings is 2. The van der Waals surface area contributed by atoms with Crippen LogP contribution in [0.4, 0.5) is 11.4 Å². The highest BCUT2D eigenvalue weighted by molar-refractivity contribution is 7.92. The first-order chi connectivity index (χ1) is 12.0. The number of carbonyl (C=O) groups excluding carboxylic acids is 1. The normalized spacial score (nSPS) is 12.5. The van der Waals surface area contributed by atoms with Crippen LogP contribution in [0.5, 0.6) is 0 Å². The molecule has 0 aliphatic rings. The van der Waals surface area contributed by atoms with Crippen LogP contribution in [0.1, 0.15) is 12.5 Å². The minimum Gasteiger partial charge on any atom is -0.324 e. The molecular formula is C17H17Cl3N2O3S. The Morgan fingerprint density at radius 3 is 2.15 bits per heavy atom. The number of nitrogens with one attached hydrogen (secondary N) is 1. The number of rotatable bonds is 5. The van der Waals surface area contributed by atoms with Crippen LogP contribution in [0.25, 0.3) is 0 Å². The maximum atomic E-state index is 12.6. The summed E-state index contributed by atoms with van der Waals surface area (Å²) in [5.41, 5.74) is 1.54. The molecule has 9 heteroatoms. The molecule has 0 spiro atoms. The lowest BCUT2D eigenvalue weighted by Crippen LogP contribution is -2.45. The van der Waals surface area contributed by atoms with Gasteiger partial charge in [0.2, 0.25) is 15.9 Å². The van der Waals surface area contributed by atoms with Crippen LogP contribution in [0.2, 0.25) is 15.1 Å². The van der Waals surface area contributed by atoms with Crippen LogP contribution in [0.15, 0.2) is 36.4 Å². The van der Waals surface area contributed by atoms with E-state index in [-0.39, 0.29) is 15.7 Å². The SMILES string of the molecule is Cc1ccc(NC(=O)C(C)N(c2cc(Cl)cc(Cl)c2)S(C)(=O)=O)cc1Cl. The lowest BCUT2D eigenvalue weighted by atomic mass is 10.2. The number of hydrogen-bond donors (Lipinski definition) is 1. The van der Waals surface area contributed by atoms with E-state index in [1.54, 1.807) is 18.2 Å². The first-order valence-electron chi connectivity index (χ1n) is 7.51. The first kappa shape index (κ1) is 20.8. The van der Waals surface area contributed by atoms with Gasteiger partial charge in [0, 0.05) is 20.8 Å². The highest BCUT2D eigenvalue weighted by Crippen LogP contribution is 2.29. The van der Waals surface area contributed by atoms with E-state index in [4.69, 9.17) is 34.8 Å². The lowest BCUT2D eigenvalue weighted by Gasteiger charge is -2.28. The molecule has 1 amide bonds. The molecular weight excluding hydrogens is 419 g/mol. The molecule has 0 heterocycles. The maximum absolute atomic E-state index is 12.6. The summed E-state index contributed by atoms with van der Waals surface area (Å²) in [5, 5.41) is 3.69. The Morgan fingerprint density at radius 2 is 1.65 bits per heavy atom. The third-order valence-electron chi connectivity index (χ3n) is 3.63. The summed E-state index contributed by atoms with van der Waals surface area (Å²) < 4.78 is 25.5. The van der Waals surface area contributed by atoms with Gasteiger partial charge in [0.15, 0.2) is 0 Å². The summed E-state index contributed by atoms with van der Waals surface area (Å²) in [6.45, 7) is 3.31. The molecule has 0 saturated heterocycles. The van der Waals surface area contributed by atoms with Crippen LogP contribution in [0, 0.1) is 6.92 Å². The highest BCUT2D eigenvalue weighted by Gasteiger charge is 2.29. The van der Waals surface area contributed by atoms with Crippen molar-refractivity contribution in [3.8, 4) is 0 Å². The van der Waals surface area contributed by atoms with Crippen LogP contribution in [-0.2, 0) is 14.8 Å². The van der Waals surface area contributed by atoms with Gasteiger partial charge in [0.1, 0.15) is 6.04 Å². The summed E-state index contributed by atoms with van der Waals surface area (Å²) in [7, 11) is -3.77. The Balaban J connectivity index is 2.35. The standard InChI is InChI=1S/C17H17Cl3N2O3S/c1-10-4-5-14(9-16(10)20)21-17(23)11(2)22(26(3,24)25)15-7-12(18)6-13(19)8-15/h4-9,11H,1-3H3,(H,21,23). The van der Waals surface area contributed by atoms with Crippen molar-refractivity contribution in [1.29, 1.82) is 0 Å². The summed E-state index contributed by atoms with van der Waals surface area (Å²) in [4.78, 5) is 12.6. The molecule has 26 heavy (non-hydrogen) atoms. The van der Waals surface area contributed by atoms with Crippen molar-refractivity contribution in [3.05, 3.63) is 57.0 Å². The van der Waals surface area contributed by atoms with Gasteiger partial charge in [-0.3, -0.25) is 9.10 Å². The Morgan fingerprint density at radius 1 is 1.08 bits per heavy atom. The Labute approximate surface area is 167 Å². The predicted molar refractivity (Wildman–Crippen MR) is 108 cm³/mol. The van der Waals surface area contributed by atoms with Crippen LogP contribution in [0.3, 0.4) is 0 Å². The van der Waals surface area contributed by atoms with Crippen molar-refractivity contribution in [2.24, 2.45) is 0 Å². The molecule has 0 radical (unpaired) electrons. The summed E-state index contributed by atoms with van der Waals surface area (Å²) >= 11 is 18.0. The fraction of sp³-hybridized carbons (Fsp3) is 0.235. The number of nitrogens with zero attached hydrogens (tertiary/aromatic N) is 1. The largest absolute Gasteiger partial charge is 0.324 e.